The molecule has 0 aliphatic carbocycles. The van der Waals surface area contributed by atoms with Crippen molar-refractivity contribution in [3.8, 4) is 5.69 Å². The SMILES string of the molecule is c1ccc(-n2c3cc4c5ccccc5sc4c4ccc5cc6c7ccccc7sc6c2c5c43)cc1. The Balaban J connectivity index is 1.63. The molecule has 0 aliphatic rings. The molecule has 0 unspecified atom stereocenters. The summed E-state index contributed by atoms with van der Waals surface area (Å²) in [6, 6.07) is 38.1. The Labute approximate surface area is 208 Å². The second-order valence-corrected chi connectivity index (χ2v) is 11.4. The summed E-state index contributed by atoms with van der Waals surface area (Å²) in [7, 11) is 0. The monoisotopic (exact) mass is 479 g/mol. The number of hydrogen-bond donors (Lipinski definition) is 0. The summed E-state index contributed by atoms with van der Waals surface area (Å²) in [5, 5.41) is 10.9. The maximum atomic E-state index is 2.52. The van der Waals surface area contributed by atoms with E-state index in [2.05, 4.69) is 108 Å². The molecule has 3 aromatic heterocycles. The molecule has 0 bridgehead atoms. The third-order valence-electron chi connectivity index (χ3n) is 7.52. The molecule has 0 saturated heterocycles. The molecular weight excluding hydrogens is 462 g/mol. The maximum Gasteiger partial charge on any atom is 0.0726 e. The van der Waals surface area contributed by atoms with E-state index < -0.39 is 0 Å². The maximum absolute atomic E-state index is 2.52. The first kappa shape index (κ1) is 18.4. The number of nitrogens with zero attached hydrogens (tertiary/aromatic N) is 1. The smallest absolute Gasteiger partial charge is 0.0726 e. The Hall–Kier alpha value is -3.92. The molecule has 6 aromatic carbocycles. The fraction of sp³-hybridized carbons (Fsp3) is 0. The standard InChI is InChI=1S/C32H17NS2/c1-2-8-19(9-3-1)33-25-17-24-21-11-5-6-12-26(21)34-31(24)22-15-14-18-16-23-20-10-4-7-13-27(20)35-32(23)30(33)28(18)29(22)25/h1-17H. The predicted octanol–water partition coefficient (Wildman–Crippen LogP) is 10.1. The van der Waals surface area contributed by atoms with Crippen molar-refractivity contribution in [1.82, 2.24) is 4.57 Å². The summed E-state index contributed by atoms with van der Waals surface area (Å²) in [6.45, 7) is 0. The highest BCUT2D eigenvalue weighted by atomic mass is 32.1. The van der Waals surface area contributed by atoms with Gasteiger partial charge >= 0.3 is 0 Å². The van der Waals surface area contributed by atoms with Crippen LogP contribution in [0.4, 0.5) is 0 Å². The van der Waals surface area contributed by atoms with Gasteiger partial charge in [-0.1, -0.05) is 66.7 Å². The lowest BCUT2D eigenvalue weighted by Gasteiger charge is -2.08. The van der Waals surface area contributed by atoms with Crippen molar-refractivity contribution in [3.05, 3.63) is 103 Å². The van der Waals surface area contributed by atoms with Crippen LogP contribution in [0.1, 0.15) is 0 Å². The highest BCUT2D eigenvalue weighted by Gasteiger charge is 2.23. The largest absolute Gasteiger partial charge is 0.308 e. The van der Waals surface area contributed by atoms with Gasteiger partial charge in [-0.05, 0) is 41.8 Å². The van der Waals surface area contributed by atoms with E-state index in [1.807, 2.05) is 22.7 Å². The van der Waals surface area contributed by atoms with E-state index in [9.17, 15) is 0 Å². The van der Waals surface area contributed by atoms with Gasteiger partial charge in [-0.3, -0.25) is 0 Å². The first-order chi connectivity index (χ1) is 17.4. The van der Waals surface area contributed by atoms with Crippen molar-refractivity contribution in [2.24, 2.45) is 0 Å². The van der Waals surface area contributed by atoms with E-state index in [0.29, 0.717) is 0 Å². The summed E-state index contributed by atoms with van der Waals surface area (Å²) in [5.41, 5.74) is 3.86. The topological polar surface area (TPSA) is 4.93 Å². The summed E-state index contributed by atoms with van der Waals surface area (Å²) in [5.74, 6) is 0. The highest BCUT2D eigenvalue weighted by Crippen LogP contribution is 2.50. The van der Waals surface area contributed by atoms with Gasteiger partial charge in [-0.15, -0.1) is 22.7 Å². The van der Waals surface area contributed by atoms with Crippen LogP contribution in [0.3, 0.4) is 0 Å². The Bertz CT molecular complexity index is 2260. The Morgan fingerprint density at radius 2 is 1.14 bits per heavy atom. The van der Waals surface area contributed by atoms with Gasteiger partial charge in [0.1, 0.15) is 0 Å². The van der Waals surface area contributed by atoms with Crippen molar-refractivity contribution in [2.75, 3.05) is 0 Å². The minimum absolute atomic E-state index is 1.22. The Kier molecular flexibility index (Phi) is 3.36. The van der Waals surface area contributed by atoms with E-state index in [0.717, 1.165) is 0 Å². The van der Waals surface area contributed by atoms with Crippen LogP contribution in [0.25, 0.3) is 78.6 Å². The molecule has 1 nitrogen and oxygen atoms in total. The molecule has 0 amide bonds. The fourth-order valence-corrected chi connectivity index (χ4v) is 8.51. The van der Waals surface area contributed by atoms with Crippen molar-refractivity contribution in [2.45, 2.75) is 0 Å². The number of benzene rings is 6. The first-order valence-electron chi connectivity index (χ1n) is 11.9. The van der Waals surface area contributed by atoms with Gasteiger partial charge < -0.3 is 4.57 Å². The van der Waals surface area contributed by atoms with E-state index in [-0.39, 0.29) is 0 Å². The van der Waals surface area contributed by atoms with Crippen LogP contribution in [-0.2, 0) is 0 Å². The number of thiophene rings is 2. The van der Waals surface area contributed by atoms with Crippen LogP contribution in [0, 0.1) is 0 Å². The molecule has 9 aromatic rings. The zero-order valence-corrected chi connectivity index (χ0v) is 20.2. The third kappa shape index (κ3) is 2.23. The molecule has 0 atom stereocenters. The third-order valence-corrected chi connectivity index (χ3v) is 9.93. The molecule has 0 spiro atoms. The van der Waals surface area contributed by atoms with E-state index in [1.165, 1.54) is 78.6 Å². The Morgan fingerprint density at radius 1 is 0.486 bits per heavy atom. The normalized spacial score (nSPS) is 12.6. The number of aromatic nitrogens is 1. The summed E-state index contributed by atoms with van der Waals surface area (Å²) in [6.07, 6.45) is 0. The predicted molar refractivity (Wildman–Crippen MR) is 155 cm³/mol. The molecule has 3 heteroatoms. The lowest BCUT2D eigenvalue weighted by Crippen LogP contribution is -1.93. The highest BCUT2D eigenvalue weighted by molar-refractivity contribution is 7.27. The van der Waals surface area contributed by atoms with Crippen LogP contribution in [0.2, 0.25) is 0 Å². The molecule has 0 saturated carbocycles. The van der Waals surface area contributed by atoms with Gasteiger partial charge in [0, 0.05) is 57.5 Å². The van der Waals surface area contributed by atoms with Gasteiger partial charge in [0.2, 0.25) is 0 Å². The van der Waals surface area contributed by atoms with E-state index in [4.69, 9.17) is 0 Å². The van der Waals surface area contributed by atoms with Gasteiger partial charge in [-0.25, -0.2) is 0 Å². The molecule has 0 fully saturated rings. The van der Waals surface area contributed by atoms with Gasteiger partial charge in [-0.2, -0.15) is 0 Å². The zero-order valence-electron chi connectivity index (χ0n) is 18.6. The molecule has 162 valence electrons. The fourth-order valence-electron chi connectivity index (χ4n) is 6.08. The molecule has 35 heavy (non-hydrogen) atoms. The molecule has 0 radical (unpaired) electrons. The average Bonchev–Trinajstić information content (AvgIpc) is 3.57. The first-order valence-corrected chi connectivity index (χ1v) is 13.5. The van der Waals surface area contributed by atoms with E-state index in [1.54, 1.807) is 0 Å². The summed E-state index contributed by atoms with van der Waals surface area (Å²) in [4.78, 5) is 0. The van der Waals surface area contributed by atoms with Crippen LogP contribution in [-0.4, -0.2) is 4.57 Å². The molecule has 3 heterocycles. The second kappa shape index (κ2) is 6.39. The molecule has 0 aliphatic heterocycles. The number of para-hydroxylation sites is 1. The summed E-state index contributed by atoms with van der Waals surface area (Å²) < 4.78 is 7.99. The van der Waals surface area contributed by atoms with Crippen LogP contribution in [0.5, 0.6) is 0 Å². The van der Waals surface area contributed by atoms with Crippen LogP contribution >= 0.6 is 22.7 Å². The van der Waals surface area contributed by atoms with Gasteiger partial charge in [0.15, 0.2) is 0 Å². The number of fused-ring (bicyclic) bond motifs is 8. The zero-order chi connectivity index (χ0) is 22.7. The minimum Gasteiger partial charge on any atom is -0.308 e. The van der Waals surface area contributed by atoms with Crippen molar-refractivity contribution < 1.29 is 0 Å². The van der Waals surface area contributed by atoms with Gasteiger partial charge in [0.05, 0.1) is 15.7 Å². The van der Waals surface area contributed by atoms with E-state index >= 15 is 0 Å². The van der Waals surface area contributed by atoms with Crippen LogP contribution in [0.15, 0.2) is 103 Å². The van der Waals surface area contributed by atoms with Crippen molar-refractivity contribution >= 4 is 95.6 Å². The van der Waals surface area contributed by atoms with Crippen molar-refractivity contribution in [1.29, 1.82) is 0 Å². The van der Waals surface area contributed by atoms with Crippen molar-refractivity contribution in [3.63, 3.8) is 0 Å². The van der Waals surface area contributed by atoms with Gasteiger partial charge in [0.25, 0.3) is 0 Å². The molecule has 0 N–H and O–H groups in total. The average molecular weight is 480 g/mol. The number of rotatable bonds is 1. The quantitative estimate of drug-likeness (QED) is 0.206. The lowest BCUT2D eigenvalue weighted by molar-refractivity contribution is 1.19. The summed E-state index contributed by atoms with van der Waals surface area (Å²) >= 11 is 3.84. The lowest BCUT2D eigenvalue weighted by atomic mass is 9.98. The Morgan fingerprint density at radius 3 is 1.91 bits per heavy atom. The molecular formula is C32H17NS2. The minimum atomic E-state index is 1.22. The van der Waals surface area contributed by atoms with Crippen LogP contribution < -0.4 is 0 Å². The molecule has 9 rings (SSSR count). The second-order valence-electron chi connectivity index (χ2n) is 9.33. The number of hydrogen-bond acceptors (Lipinski definition) is 2.